The van der Waals surface area contributed by atoms with E-state index < -0.39 is 0 Å². The van der Waals surface area contributed by atoms with Crippen molar-refractivity contribution >= 4 is 11.9 Å². The zero-order chi connectivity index (χ0) is 17.1. The van der Waals surface area contributed by atoms with Crippen molar-refractivity contribution in [3.8, 4) is 0 Å². The summed E-state index contributed by atoms with van der Waals surface area (Å²) >= 11 is 0. The molecule has 1 aliphatic heterocycles. The molecule has 0 N–H and O–H groups in total. The summed E-state index contributed by atoms with van der Waals surface area (Å²) in [6.07, 6.45) is 3.61. The van der Waals surface area contributed by atoms with Crippen molar-refractivity contribution in [1.29, 1.82) is 0 Å². The first-order chi connectivity index (χ1) is 11.6. The fourth-order valence-electron chi connectivity index (χ4n) is 3.35. The maximum atomic E-state index is 12.6. The Morgan fingerprint density at radius 1 is 1.21 bits per heavy atom. The van der Waals surface area contributed by atoms with Crippen molar-refractivity contribution in [1.82, 2.24) is 9.47 Å². The lowest BCUT2D eigenvalue weighted by atomic mass is 9.95. The number of benzene rings is 1. The van der Waals surface area contributed by atoms with Crippen molar-refractivity contribution < 1.29 is 14.3 Å². The summed E-state index contributed by atoms with van der Waals surface area (Å²) in [7, 11) is 3.28. The van der Waals surface area contributed by atoms with Gasteiger partial charge in [0.1, 0.15) is 5.69 Å². The van der Waals surface area contributed by atoms with Crippen molar-refractivity contribution in [2.45, 2.75) is 12.8 Å². The summed E-state index contributed by atoms with van der Waals surface area (Å²) in [6.45, 7) is 1.48. The second-order valence-electron chi connectivity index (χ2n) is 6.26. The molecule has 5 heteroatoms. The molecule has 1 amide bonds. The second-order valence-corrected chi connectivity index (χ2v) is 6.26. The lowest BCUT2D eigenvalue weighted by Gasteiger charge is -2.17. The standard InChI is InChI=1S/C19H22N2O3/c1-20-10-5-8-17(20)18(22)21-11-9-14(13-21)12-15-6-3-4-7-16(15)19(23)24-2/h3-8,10,14H,9,11-13H2,1-2H3. The smallest absolute Gasteiger partial charge is 0.338 e. The van der Waals surface area contributed by atoms with Gasteiger partial charge < -0.3 is 14.2 Å². The van der Waals surface area contributed by atoms with E-state index >= 15 is 0 Å². The van der Waals surface area contributed by atoms with Gasteiger partial charge in [-0.2, -0.15) is 0 Å². The van der Waals surface area contributed by atoms with Gasteiger partial charge in [0.25, 0.3) is 5.91 Å². The van der Waals surface area contributed by atoms with Crippen LogP contribution in [0.2, 0.25) is 0 Å². The van der Waals surface area contributed by atoms with Crippen molar-refractivity contribution in [2.75, 3.05) is 20.2 Å². The predicted molar refractivity (Wildman–Crippen MR) is 90.9 cm³/mol. The fourth-order valence-corrected chi connectivity index (χ4v) is 3.35. The topological polar surface area (TPSA) is 51.5 Å². The molecule has 1 fully saturated rings. The molecular formula is C19H22N2O3. The Balaban J connectivity index is 1.68. The Morgan fingerprint density at radius 3 is 2.71 bits per heavy atom. The van der Waals surface area contributed by atoms with Gasteiger partial charge in [0.05, 0.1) is 12.7 Å². The number of carbonyl (C=O) groups excluding carboxylic acids is 2. The molecular weight excluding hydrogens is 304 g/mol. The molecule has 1 aliphatic rings. The van der Waals surface area contributed by atoms with Gasteiger partial charge in [-0.1, -0.05) is 18.2 Å². The van der Waals surface area contributed by atoms with Gasteiger partial charge in [0.15, 0.2) is 0 Å². The van der Waals surface area contributed by atoms with E-state index in [1.54, 1.807) is 6.07 Å². The second kappa shape index (κ2) is 6.91. The van der Waals surface area contributed by atoms with Gasteiger partial charge in [0.2, 0.25) is 0 Å². The molecule has 1 aromatic carbocycles. The summed E-state index contributed by atoms with van der Waals surface area (Å²) in [6, 6.07) is 11.3. The van der Waals surface area contributed by atoms with E-state index in [2.05, 4.69) is 0 Å². The molecule has 2 heterocycles. The lowest BCUT2D eigenvalue weighted by molar-refractivity contribution is 0.0598. The van der Waals surface area contributed by atoms with Crippen molar-refractivity contribution in [3.63, 3.8) is 0 Å². The maximum absolute atomic E-state index is 12.6. The van der Waals surface area contributed by atoms with Gasteiger partial charge in [-0.3, -0.25) is 4.79 Å². The number of methoxy groups -OCH3 is 1. The number of ether oxygens (including phenoxy) is 1. The van der Waals surface area contributed by atoms with E-state index in [-0.39, 0.29) is 11.9 Å². The number of likely N-dealkylation sites (tertiary alicyclic amines) is 1. The first kappa shape index (κ1) is 16.3. The molecule has 0 aliphatic carbocycles. The maximum Gasteiger partial charge on any atom is 0.338 e. The molecule has 1 unspecified atom stereocenters. The molecule has 1 atom stereocenters. The average molecular weight is 326 g/mol. The number of rotatable bonds is 4. The minimum Gasteiger partial charge on any atom is -0.465 e. The first-order valence-electron chi connectivity index (χ1n) is 8.17. The number of nitrogens with zero attached hydrogens (tertiary/aromatic N) is 2. The normalized spacial score (nSPS) is 17.1. The van der Waals surface area contributed by atoms with Gasteiger partial charge >= 0.3 is 5.97 Å². The Labute approximate surface area is 141 Å². The lowest BCUT2D eigenvalue weighted by Crippen LogP contribution is -2.30. The van der Waals surface area contributed by atoms with Gasteiger partial charge in [-0.15, -0.1) is 0 Å². The highest BCUT2D eigenvalue weighted by molar-refractivity contribution is 5.93. The molecule has 0 bridgehead atoms. The van der Waals surface area contributed by atoms with Crippen LogP contribution in [-0.2, 0) is 18.2 Å². The molecule has 126 valence electrons. The van der Waals surface area contributed by atoms with Crippen LogP contribution in [0.1, 0.15) is 32.8 Å². The largest absolute Gasteiger partial charge is 0.465 e. The van der Waals surface area contributed by atoms with E-state index in [4.69, 9.17) is 4.74 Å². The quantitative estimate of drug-likeness (QED) is 0.811. The zero-order valence-electron chi connectivity index (χ0n) is 14.1. The summed E-state index contributed by atoms with van der Waals surface area (Å²) < 4.78 is 6.71. The zero-order valence-corrected chi connectivity index (χ0v) is 14.1. The monoisotopic (exact) mass is 326 g/mol. The number of carbonyl (C=O) groups is 2. The highest BCUT2D eigenvalue weighted by Gasteiger charge is 2.28. The molecule has 0 radical (unpaired) electrons. The number of esters is 1. The Morgan fingerprint density at radius 2 is 2.00 bits per heavy atom. The van der Waals surface area contributed by atoms with Crippen LogP contribution in [0.3, 0.4) is 0 Å². The summed E-state index contributed by atoms with van der Waals surface area (Å²) in [5.41, 5.74) is 2.32. The third-order valence-electron chi connectivity index (χ3n) is 4.67. The number of hydrogen-bond donors (Lipinski definition) is 0. The molecule has 1 aromatic heterocycles. The van der Waals surface area contributed by atoms with Crippen LogP contribution in [-0.4, -0.2) is 41.5 Å². The Kier molecular flexibility index (Phi) is 4.69. The minimum absolute atomic E-state index is 0.0752. The van der Waals surface area contributed by atoms with Gasteiger partial charge in [0, 0.05) is 26.3 Å². The molecule has 0 saturated carbocycles. The first-order valence-corrected chi connectivity index (χ1v) is 8.17. The molecule has 0 spiro atoms. The summed E-state index contributed by atoms with van der Waals surface area (Å²) in [4.78, 5) is 26.4. The van der Waals surface area contributed by atoms with Crippen LogP contribution < -0.4 is 0 Å². The molecule has 5 nitrogen and oxygen atoms in total. The predicted octanol–water partition coefficient (Wildman–Crippen LogP) is 2.52. The van der Waals surface area contributed by atoms with Gasteiger partial charge in [-0.05, 0) is 42.5 Å². The highest BCUT2D eigenvalue weighted by atomic mass is 16.5. The average Bonchev–Trinajstić information content (AvgIpc) is 3.23. The van der Waals surface area contributed by atoms with Crippen molar-refractivity contribution in [2.24, 2.45) is 13.0 Å². The van der Waals surface area contributed by atoms with E-state index in [1.165, 1.54) is 7.11 Å². The number of aromatic nitrogens is 1. The van der Waals surface area contributed by atoms with E-state index in [0.717, 1.165) is 31.5 Å². The van der Waals surface area contributed by atoms with Crippen LogP contribution in [0, 0.1) is 5.92 Å². The van der Waals surface area contributed by atoms with Crippen LogP contribution in [0.5, 0.6) is 0 Å². The number of amides is 1. The minimum atomic E-state index is -0.305. The molecule has 2 aromatic rings. The van der Waals surface area contributed by atoms with Crippen LogP contribution in [0.4, 0.5) is 0 Å². The Hall–Kier alpha value is -2.56. The number of hydrogen-bond acceptors (Lipinski definition) is 3. The number of aryl methyl sites for hydroxylation is 1. The van der Waals surface area contributed by atoms with Crippen LogP contribution in [0.25, 0.3) is 0 Å². The summed E-state index contributed by atoms with van der Waals surface area (Å²) in [5, 5.41) is 0. The van der Waals surface area contributed by atoms with E-state index in [9.17, 15) is 9.59 Å². The van der Waals surface area contributed by atoms with Crippen LogP contribution in [0.15, 0.2) is 42.6 Å². The molecule has 1 saturated heterocycles. The third kappa shape index (κ3) is 3.20. The summed E-state index contributed by atoms with van der Waals surface area (Å²) in [5.74, 6) is 0.131. The molecule has 3 rings (SSSR count). The third-order valence-corrected chi connectivity index (χ3v) is 4.67. The fraction of sp³-hybridized carbons (Fsp3) is 0.368. The van der Waals surface area contributed by atoms with Crippen LogP contribution >= 0.6 is 0 Å². The Bertz CT molecular complexity index is 751. The SMILES string of the molecule is COC(=O)c1ccccc1CC1CCN(C(=O)c2cccn2C)C1. The van der Waals surface area contributed by atoms with E-state index in [1.807, 2.05) is 53.0 Å². The van der Waals surface area contributed by atoms with E-state index in [0.29, 0.717) is 17.2 Å². The molecule has 24 heavy (non-hydrogen) atoms. The highest BCUT2D eigenvalue weighted by Crippen LogP contribution is 2.24. The van der Waals surface area contributed by atoms with Crippen molar-refractivity contribution in [3.05, 3.63) is 59.4 Å². The van der Waals surface area contributed by atoms with Gasteiger partial charge in [-0.25, -0.2) is 4.79 Å².